The molecule has 2 rings (SSSR count). The lowest BCUT2D eigenvalue weighted by atomic mass is 9.75. The summed E-state index contributed by atoms with van der Waals surface area (Å²) in [4.78, 5) is 0. The van der Waals surface area contributed by atoms with Crippen LogP contribution in [0.3, 0.4) is 0 Å². The third-order valence-electron chi connectivity index (χ3n) is 3.71. The molecule has 0 aliphatic carbocycles. The summed E-state index contributed by atoms with van der Waals surface area (Å²) < 4.78 is 25.4. The van der Waals surface area contributed by atoms with Crippen molar-refractivity contribution in [1.82, 2.24) is 0 Å². The van der Waals surface area contributed by atoms with Gasteiger partial charge in [-0.1, -0.05) is 11.5 Å². The number of hydrogen-bond acceptors (Lipinski definition) is 3. The second-order valence-electron chi connectivity index (χ2n) is 5.59. The number of nitrogen functional groups attached to an aromatic ring is 1. The van der Waals surface area contributed by atoms with Crippen molar-refractivity contribution in [2.45, 2.75) is 38.9 Å². The molecule has 0 aromatic heterocycles. The second-order valence-corrected chi connectivity index (χ2v) is 5.59. The van der Waals surface area contributed by atoms with Gasteiger partial charge in [0.2, 0.25) is 0 Å². The van der Waals surface area contributed by atoms with E-state index >= 15 is 0 Å². The molecule has 6 heteroatoms. The van der Waals surface area contributed by atoms with Crippen molar-refractivity contribution < 1.29 is 13.7 Å². The lowest BCUT2D eigenvalue weighted by Gasteiger charge is -2.32. The van der Waals surface area contributed by atoms with Crippen molar-refractivity contribution in [3.8, 4) is 0 Å². The van der Waals surface area contributed by atoms with Gasteiger partial charge in [-0.25, -0.2) is 4.39 Å². The van der Waals surface area contributed by atoms with Gasteiger partial charge in [0.25, 0.3) is 0 Å². The van der Waals surface area contributed by atoms with E-state index in [1.54, 1.807) is 0 Å². The summed E-state index contributed by atoms with van der Waals surface area (Å²) in [6, 6.07) is 2.66. The fourth-order valence-corrected chi connectivity index (χ4v) is 1.77. The van der Waals surface area contributed by atoms with E-state index in [0.717, 1.165) is 0 Å². The van der Waals surface area contributed by atoms with Crippen molar-refractivity contribution in [2.75, 3.05) is 5.73 Å². The summed E-state index contributed by atoms with van der Waals surface area (Å²) in [7, 11) is 4.92. The summed E-state index contributed by atoms with van der Waals surface area (Å²) in [5.74, 6) is -0.472. The first kappa shape index (κ1) is 13.4. The smallest absolute Gasteiger partial charge is 0.399 e. The lowest BCUT2D eigenvalue weighted by Crippen LogP contribution is -2.41. The van der Waals surface area contributed by atoms with Crippen molar-refractivity contribution in [3.63, 3.8) is 0 Å². The maximum absolute atomic E-state index is 13.9. The first-order valence-corrected chi connectivity index (χ1v) is 5.84. The molecule has 1 heterocycles. The van der Waals surface area contributed by atoms with Gasteiger partial charge in [-0.15, -0.1) is 0 Å². The summed E-state index contributed by atoms with van der Waals surface area (Å²) in [6.45, 7) is 7.63. The third kappa shape index (κ3) is 2.04. The van der Waals surface area contributed by atoms with Gasteiger partial charge < -0.3 is 15.0 Å². The Labute approximate surface area is 108 Å². The highest BCUT2D eigenvalue weighted by molar-refractivity contribution is 6.62. The molecular formula is C12H16B2FNO2. The third-order valence-corrected chi connectivity index (χ3v) is 3.71. The molecule has 2 N–H and O–H groups in total. The van der Waals surface area contributed by atoms with E-state index in [-0.39, 0.29) is 11.2 Å². The number of halogens is 1. The Kier molecular flexibility index (Phi) is 2.98. The van der Waals surface area contributed by atoms with Gasteiger partial charge in [-0.3, -0.25) is 0 Å². The minimum atomic E-state index is -0.766. The average molecular weight is 247 g/mol. The number of rotatable bonds is 1. The molecule has 0 spiro atoms. The minimum Gasteiger partial charge on any atom is -0.399 e. The van der Waals surface area contributed by atoms with Crippen molar-refractivity contribution in [1.29, 1.82) is 0 Å². The summed E-state index contributed by atoms with van der Waals surface area (Å²) in [5, 5.41) is 0. The Morgan fingerprint density at radius 2 is 1.67 bits per heavy atom. The maximum Gasteiger partial charge on any atom is 0.497 e. The van der Waals surface area contributed by atoms with Crippen molar-refractivity contribution >= 4 is 31.6 Å². The molecule has 18 heavy (non-hydrogen) atoms. The van der Waals surface area contributed by atoms with E-state index in [1.807, 2.05) is 27.7 Å². The molecule has 3 nitrogen and oxygen atoms in total. The fraction of sp³-hybridized carbons (Fsp3) is 0.500. The second kappa shape index (κ2) is 4.00. The van der Waals surface area contributed by atoms with Crippen molar-refractivity contribution in [2.24, 2.45) is 0 Å². The molecule has 1 aromatic rings. The van der Waals surface area contributed by atoms with Crippen LogP contribution in [0.15, 0.2) is 12.1 Å². The van der Waals surface area contributed by atoms with Gasteiger partial charge in [0, 0.05) is 11.2 Å². The molecule has 0 amide bonds. The Hall–Kier alpha value is -1.00. The number of hydrogen-bond donors (Lipinski definition) is 1. The van der Waals surface area contributed by atoms with E-state index in [9.17, 15) is 4.39 Å². The lowest BCUT2D eigenvalue weighted by molar-refractivity contribution is 0.00578. The molecule has 94 valence electrons. The van der Waals surface area contributed by atoms with E-state index in [1.165, 1.54) is 12.1 Å². The maximum atomic E-state index is 13.9. The van der Waals surface area contributed by atoms with Crippen molar-refractivity contribution in [3.05, 3.63) is 17.9 Å². The van der Waals surface area contributed by atoms with Gasteiger partial charge in [0.05, 0.1) is 11.2 Å². The molecule has 1 aliphatic heterocycles. The van der Waals surface area contributed by atoms with Crippen LogP contribution < -0.4 is 16.7 Å². The molecule has 1 aromatic carbocycles. The molecule has 0 atom stereocenters. The number of benzene rings is 1. The summed E-state index contributed by atoms with van der Waals surface area (Å²) in [6.07, 6.45) is 0. The fourth-order valence-electron chi connectivity index (χ4n) is 1.77. The van der Waals surface area contributed by atoms with Crippen LogP contribution in [0.2, 0.25) is 0 Å². The number of nitrogens with two attached hydrogens (primary N) is 1. The highest BCUT2D eigenvalue weighted by atomic mass is 19.1. The van der Waals surface area contributed by atoms with Crippen LogP contribution in [0, 0.1) is 5.82 Å². The molecule has 2 radical (unpaired) electrons. The Balaban J connectivity index is 2.38. The highest BCUT2D eigenvalue weighted by Crippen LogP contribution is 2.36. The largest absolute Gasteiger partial charge is 0.497 e. The van der Waals surface area contributed by atoms with Gasteiger partial charge in [-0.2, -0.15) is 0 Å². The standard InChI is InChI=1S/C12H16B2FNO2/c1-11(2)12(3,4)18-14(17-11)8-5-7(13)10(16)6-9(8)15/h5-6H,16H2,1-4H3. The number of anilines is 1. The predicted molar refractivity (Wildman–Crippen MR) is 71.9 cm³/mol. The van der Waals surface area contributed by atoms with Crippen LogP contribution >= 0.6 is 0 Å². The molecule has 1 fully saturated rings. The van der Waals surface area contributed by atoms with E-state index in [0.29, 0.717) is 5.46 Å². The Bertz CT molecular complexity index is 475. The molecule has 1 saturated heterocycles. The monoisotopic (exact) mass is 247 g/mol. The SMILES string of the molecule is [B]c1cc(B2OC(C)(C)C(C)(C)O2)c(F)cc1N. The van der Waals surface area contributed by atoms with Crippen LogP contribution in [-0.2, 0) is 9.31 Å². The molecule has 1 aliphatic rings. The predicted octanol–water partition coefficient (Wildman–Crippen LogP) is 0.501. The minimum absolute atomic E-state index is 0.216. The van der Waals surface area contributed by atoms with Gasteiger partial charge in [0.1, 0.15) is 13.7 Å². The summed E-state index contributed by atoms with van der Waals surface area (Å²) in [5.41, 5.74) is 5.33. The van der Waals surface area contributed by atoms with Gasteiger partial charge in [-0.05, 0) is 33.8 Å². The molecular weight excluding hydrogens is 231 g/mol. The van der Waals surface area contributed by atoms with Crippen LogP contribution in [-0.4, -0.2) is 26.2 Å². The zero-order valence-electron chi connectivity index (χ0n) is 11.1. The van der Waals surface area contributed by atoms with Crippen LogP contribution in [0.25, 0.3) is 0 Å². The quantitative estimate of drug-likeness (QED) is 0.580. The molecule has 0 unspecified atom stereocenters. The zero-order valence-corrected chi connectivity index (χ0v) is 11.1. The van der Waals surface area contributed by atoms with E-state index < -0.39 is 24.1 Å². The Morgan fingerprint density at radius 3 is 2.17 bits per heavy atom. The average Bonchev–Trinajstić information content (AvgIpc) is 2.42. The van der Waals surface area contributed by atoms with Crippen LogP contribution in [0.1, 0.15) is 27.7 Å². The first-order chi connectivity index (χ1) is 8.14. The summed E-state index contributed by atoms with van der Waals surface area (Å²) >= 11 is 0. The Morgan fingerprint density at radius 1 is 1.17 bits per heavy atom. The topological polar surface area (TPSA) is 44.5 Å². The van der Waals surface area contributed by atoms with Gasteiger partial charge in [0.15, 0.2) is 0 Å². The van der Waals surface area contributed by atoms with E-state index in [2.05, 4.69) is 0 Å². The highest BCUT2D eigenvalue weighted by Gasteiger charge is 2.52. The van der Waals surface area contributed by atoms with E-state index in [4.69, 9.17) is 22.9 Å². The zero-order chi connectivity index (χ0) is 13.7. The molecule has 0 saturated carbocycles. The van der Waals surface area contributed by atoms with Crippen LogP contribution in [0.4, 0.5) is 10.1 Å². The van der Waals surface area contributed by atoms with Gasteiger partial charge >= 0.3 is 7.12 Å². The van der Waals surface area contributed by atoms with Crippen LogP contribution in [0.5, 0.6) is 0 Å². The normalized spacial score (nSPS) is 21.3. The first-order valence-electron chi connectivity index (χ1n) is 5.84. The molecule has 0 bridgehead atoms.